The molecule has 0 radical (unpaired) electrons. The summed E-state index contributed by atoms with van der Waals surface area (Å²) in [5, 5.41) is 11.5. The SMILES string of the molecule is Cc1ccc(OCc2ccc(C(=O)N3CCCCC3)cc2C)c(-c2csc(N3CCC(C(=O)O)C(C(F)(F)F)C3)n2)c1. The number of thiazole rings is 1. The fraction of sp³-hybridized carbons (Fsp3) is 0.452. The lowest BCUT2D eigenvalue weighted by atomic mass is 9.85. The highest BCUT2D eigenvalue weighted by atomic mass is 32.1. The number of carboxylic acids is 1. The molecule has 2 saturated heterocycles. The largest absolute Gasteiger partial charge is 0.488 e. The normalized spacial score (nSPS) is 19.5. The number of carbonyl (C=O) groups excluding carboxylic acids is 1. The van der Waals surface area contributed by atoms with Crippen molar-refractivity contribution in [1.82, 2.24) is 9.88 Å². The molecule has 2 unspecified atom stereocenters. The number of ether oxygens (including phenoxy) is 1. The van der Waals surface area contributed by atoms with Gasteiger partial charge in [0.2, 0.25) is 0 Å². The molecule has 42 heavy (non-hydrogen) atoms. The number of amides is 1. The summed E-state index contributed by atoms with van der Waals surface area (Å²) >= 11 is 1.23. The van der Waals surface area contributed by atoms with E-state index in [0.717, 1.165) is 54.6 Å². The number of hydrogen-bond donors (Lipinski definition) is 1. The summed E-state index contributed by atoms with van der Waals surface area (Å²) in [6.07, 6.45) is -1.49. The Kier molecular flexibility index (Phi) is 8.77. The molecule has 1 N–H and O–H groups in total. The number of piperidine rings is 2. The predicted octanol–water partition coefficient (Wildman–Crippen LogP) is 6.72. The number of halogens is 3. The topological polar surface area (TPSA) is 83.0 Å². The van der Waals surface area contributed by atoms with Crippen LogP contribution in [0.25, 0.3) is 11.3 Å². The van der Waals surface area contributed by atoms with Crippen LogP contribution in [-0.4, -0.2) is 59.2 Å². The number of carbonyl (C=O) groups is 2. The molecule has 2 fully saturated rings. The maximum Gasteiger partial charge on any atom is 0.394 e. The summed E-state index contributed by atoms with van der Waals surface area (Å²) in [6, 6.07) is 11.4. The number of hydrogen-bond acceptors (Lipinski definition) is 6. The van der Waals surface area contributed by atoms with Crippen LogP contribution in [0.3, 0.4) is 0 Å². The van der Waals surface area contributed by atoms with Crippen molar-refractivity contribution in [2.45, 2.75) is 52.3 Å². The molecule has 2 atom stereocenters. The van der Waals surface area contributed by atoms with Gasteiger partial charge < -0.3 is 19.6 Å². The maximum absolute atomic E-state index is 13.7. The van der Waals surface area contributed by atoms with E-state index in [-0.39, 0.29) is 25.5 Å². The standard InChI is InChI=1S/C31H34F3N3O4S/c1-19-6-9-27(41-17-22-8-7-21(15-20(22)2)28(38)36-11-4-3-5-12-36)24(14-19)26-18-42-30(35-26)37-13-10-23(29(39)40)25(16-37)31(32,33)34/h6-9,14-15,18,23,25H,3-5,10-13,16-17H2,1-2H3,(H,39,40). The van der Waals surface area contributed by atoms with E-state index in [0.29, 0.717) is 22.1 Å². The number of rotatable bonds is 7. The molecule has 0 saturated carbocycles. The number of nitrogens with zero attached hydrogens (tertiary/aromatic N) is 3. The summed E-state index contributed by atoms with van der Waals surface area (Å²) in [7, 11) is 0. The van der Waals surface area contributed by atoms with Gasteiger partial charge in [0.05, 0.1) is 17.5 Å². The molecular formula is C31H34F3N3O4S. The van der Waals surface area contributed by atoms with Crippen molar-refractivity contribution >= 4 is 28.3 Å². The van der Waals surface area contributed by atoms with Crippen LogP contribution in [0.15, 0.2) is 41.8 Å². The van der Waals surface area contributed by atoms with Gasteiger partial charge >= 0.3 is 12.1 Å². The Morgan fingerprint density at radius 3 is 2.52 bits per heavy atom. The molecule has 224 valence electrons. The fourth-order valence-electron chi connectivity index (χ4n) is 5.68. The van der Waals surface area contributed by atoms with Crippen LogP contribution in [-0.2, 0) is 11.4 Å². The number of aryl methyl sites for hydroxylation is 2. The molecule has 5 rings (SSSR count). The molecule has 0 spiro atoms. The summed E-state index contributed by atoms with van der Waals surface area (Å²) in [4.78, 5) is 32.4. The van der Waals surface area contributed by atoms with Crippen LogP contribution in [0.1, 0.15) is 52.7 Å². The van der Waals surface area contributed by atoms with Crippen molar-refractivity contribution in [2.24, 2.45) is 11.8 Å². The highest BCUT2D eigenvalue weighted by Crippen LogP contribution is 2.41. The zero-order chi connectivity index (χ0) is 30.0. The van der Waals surface area contributed by atoms with Gasteiger partial charge in [-0.1, -0.05) is 17.7 Å². The van der Waals surface area contributed by atoms with Crippen LogP contribution in [0, 0.1) is 25.7 Å². The van der Waals surface area contributed by atoms with Crippen LogP contribution < -0.4 is 9.64 Å². The monoisotopic (exact) mass is 601 g/mol. The smallest absolute Gasteiger partial charge is 0.394 e. The first-order chi connectivity index (χ1) is 20.0. The Balaban J connectivity index is 1.31. The maximum atomic E-state index is 13.7. The average molecular weight is 602 g/mol. The van der Waals surface area contributed by atoms with E-state index in [1.807, 2.05) is 55.1 Å². The van der Waals surface area contributed by atoms with Gasteiger partial charge in [-0.2, -0.15) is 13.2 Å². The highest BCUT2D eigenvalue weighted by Gasteiger charge is 2.50. The predicted molar refractivity (Wildman–Crippen MR) is 155 cm³/mol. The Bertz CT molecular complexity index is 1450. The minimum atomic E-state index is -4.61. The van der Waals surface area contributed by atoms with E-state index in [2.05, 4.69) is 4.98 Å². The lowest BCUT2D eigenvalue weighted by Crippen LogP contribution is -2.49. The number of aromatic nitrogens is 1. The summed E-state index contributed by atoms with van der Waals surface area (Å²) in [5.41, 5.74) is 4.84. The van der Waals surface area contributed by atoms with E-state index in [1.54, 1.807) is 5.38 Å². The van der Waals surface area contributed by atoms with Gasteiger partial charge in [0.1, 0.15) is 12.4 Å². The molecule has 2 aromatic carbocycles. The molecule has 0 bridgehead atoms. The molecule has 0 aliphatic carbocycles. The van der Waals surface area contributed by atoms with Crippen LogP contribution in [0.4, 0.5) is 18.3 Å². The van der Waals surface area contributed by atoms with Gasteiger partial charge in [-0.25, -0.2) is 4.98 Å². The van der Waals surface area contributed by atoms with Gasteiger partial charge in [0.15, 0.2) is 5.13 Å². The fourth-order valence-corrected chi connectivity index (χ4v) is 6.54. The number of aliphatic carboxylic acids is 1. The lowest BCUT2D eigenvalue weighted by Gasteiger charge is -2.37. The van der Waals surface area contributed by atoms with Gasteiger partial charge in [-0.15, -0.1) is 11.3 Å². The van der Waals surface area contributed by atoms with E-state index < -0.39 is 30.5 Å². The molecular weight excluding hydrogens is 567 g/mol. The van der Waals surface area contributed by atoms with Crippen molar-refractivity contribution in [3.8, 4) is 17.0 Å². The number of carboxylic acid groups (broad SMARTS) is 1. The zero-order valence-electron chi connectivity index (χ0n) is 23.6. The quantitative estimate of drug-likeness (QED) is 0.324. The molecule has 3 aromatic rings. The van der Waals surface area contributed by atoms with Gasteiger partial charge in [-0.05, 0) is 74.9 Å². The zero-order valence-corrected chi connectivity index (χ0v) is 24.4. The van der Waals surface area contributed by atoms with Gasteiger partial charge in [0, 0.05) is 42.7 Å². The third-order valence-electron chi connectivity index (χ3n) is 8.14. The van der Waals surface area contributed by atoms with Crippen molar-refractivity contribution in [1.29, 1.82) is 0 Å². The van der Waals surface area contributed by atoms with Crippen LogP contribution in [0.2, 0.25) is 0 Å². The Labute approximate surface area is 246 Å². The third-order valence-corrected chi connectivity index (χ3v) is 9.04. The summed E-state index contributed by atoms with van der Waals surface area (Å²) in [6.45, 7) is 5.49. The molecule has 2 aliphatic heterocycles. The van der Waals surface area contributed by atoms with Gasteiger partial charge in [-0.3, -0.25) is 9.59 Å². The first kappa shape index (κ1) is 29.9. The number of benzene rings is 2. The van der Waals surface area contributed by atoms with E-state index in [9.17, 15) is 27.9 Å². The van der Waals surface area contributed by atoms with Gasteiger partial charge in [0.25, 0.3) is 5.91 Å². The van der Waals surface area contributed by atoms with E-state index in [4.69, 9.17) is 4.74 Å². The molecule has 3 heterocycles. The summed E-state index contributed by atoms with van der Waals surface area (Å²) < 4.78 is 47.2. The van der Waals surface area contributed by atoms with Crippen LogP contribution >= 0.6 is 11.3 Å². The van der Waals surface area contributed by atoms with Crippen molar-refractivity contribution < 1.29 is 32.6 Å². The minimum absolute atomic E-state index is 0.0548. The van der Waals surface area contributed by atoms with E-state index in [1.165, 1.54) is 16.2 Å². The highest BCUT2D eigenvalue weighted by molar-refractivity contribution is 7.14. The molecule has 1 aromatic heterocycles. The van der Waals surface area contributed by atoms with Crippen molar-refractivity contribution in [3.63, 3.8) is 0 Å². The lowest BCUT2D eigenvalue weighted by molar-refractivity contribution is -0.197. The molecule has 1 amide bonds. The Morgan fingerprint density at radius 1 is 1.07 bits per heavy atom. The molecule has 7 nitrogen and oxygen atoms in total. The van der Waals surface area contributed by atoms with E-state index >= 15 is 0 Å². The minimum Gasteiger partial charge on any atom is -0.488 e. The second kappa shape index (κ2) is 12.3. The second-order valence-corrected chi connectivity index (χ2v) is 12.0. The average Bonchev–Trinajstić information content (AvgIpc) is 3.46. The number of anilines is 1. The third kappa shape index (κ3) is 6.56. The number of likely N-dealkylation sites (tertiary alicyclic amines) is 1. The molecule has 2 aliphatic rings. The second-order valence-electron chi connectivity index (χ2n) is 11.1. The van der Waals surface area contributed by atoms with Crippen LogP contribution in [0.5, 0.6) is 5.75 Å². The molecule has 11 heteroatoms. The summed E-state index contributed by atoms with van der Waals surface area (Å²) in [5.74, 6) is -4.20. The number of alkyl halides is 3. The Hall–Kier alpha value is -3.60. The Morgan fingerprint density at radius 2 is 1.83 bits per heavy atom. The first-order valence-electron chi connectivity index (χ1n) is 14.1. The van der Waals surface area contributed by atoms with Crippen molar-refractivity contribution in [3.05, 3.63) is 64.0 Å². The first-order valence-corrected chi connectivity index (χ1v) is 15.0. The van der Waals surface area contributed by atoms with Crippen molar-refractivity contribution in [2.75, 3.05) is 31.1 Å².